The molecule has 0 saturated carbocycles. The van der Waals surface area contributed by atoms with Crippen LogP contribution in [0.5, 0.6) is 0 Å². The molecule has 0 amide bonds. The van der Waals surface area contributed by atoms with Crippen LogP contribution in [0.1, 0.15) is 18.4 Å². The third kappa shape index (κ3) is 2.76. The summed E-state index contributed by atoms with van der Waals surface area (Å²) < 4.78 is 5.12. The zero-order valence-electron chi connectivity index (χ0n) is 9.01. The number of nitrogens with zero attached hydrogens (tertiary/aromatic N) is 2. The van der Waals surface area contributed by atoms with E-state index >= 15 is 0 Å². The lowest BCUT2D eigenvalue weighted by Crippen LogP contribution is -1.88. The van der Waals surface area contributed by atoms with Crippen LogP contribution >= 0.6 is 11.8 Å². The van der Waals surface area contributed by atoms with Crippen molar-refractivity contribution in [1.29, 1.82) is 0 Å². The van der Waals surface area contributed by atoms with Crippen molar-refractivity contribution in [3.63, 3.8) is 0 Å². The van der Waals surface area contributed by atoms with Crippen LogP contribution in [0.15, 0.2) is 33.6 Å². The molecule has 2 aromatic rings. The largest absolute Gasteiger partial charge is 0.408 e. The fourth-order valence-corrected chi connectivity index (χ4v) is 2.04. The topological polar surface area (TPSA) is 64.9 Å². The Morgan fingerprint density at radius 3 is 2.56 bits per heavy atom. The molecule has 0 aliphatic carbocycles. The van der Waals surface area contributed by atoms with Crippen molar-refractivity contribution < 1.29 is 4.42 Å². The van der Waals surface area contributed by atoms with Gasteiger partial charge in [-0.3, -0.25) is 0 Å². The van der Waals surface area contributed by atoms with E-state index < -0.39 is 0 Å². The molecule has 0 aliphatic rings. The Balaban J connectivity index is 2.05. The fourth-order valence-electron chi connectivity index (χ4n) is 1.38. The molecule has 2 N–H and O–H groups in total. The monoisotopic (exact) mass is 235 g/mol. The number of anilines is 1. The molecule has 0 saturated heterocycles. The average molecular weight is 235 g/mol. The average Bonchev–Trinajstić information content (AvgIpc) is 2.67. The Morgan fingerprint density at radius 1 is 1.25 bits per heavy atom. The van der Waals surface area contributed by atoms with Gasteiger partial charge in [0.15, 0.2) is 0 Å². The van der Waals surface area contributed by atoms with Gasteiger partial charge in [-0.1, -0.05) is 24.2 Å². The highest BCUT2D eigenvalue weighted by Crippen LogP contribution is 2.18. The molecule has 1 heterocycles. The molecule has 0 fully saturated rings. The van der Waals surface area contributed by atoms with Gasteiger partial charge >= 0.3 is 6.01 Å². The van der Waals surface area contributed by atoms with E-state index in [1.807, 2.05) is 11.8 Å². The van der Waals surface area contributed by atoms with E-state index in [-0.39, 0.29) is 6.01 Å². The minimum atomic E-state index is 0.119. The molecule has 5 heteroatoms. The van der Waals surface area contributed by atoms with Crippen LogP contribution in [0.4, 0.5) is 6.01 Å². The van der Waals surface area contributed by atoms with Crippen LogP contribution < -0.4 is 5.73 Å². The number of rotatable bonds is 4. The van der Waals surface area contributed by atoms with Gasteiger partial charge in [-0.2, -0.15) is 0 Å². The number of benzene rings is 1. The molecule has 4 nitrogen and oxygen atoms in total. The summed E-state index contributed by atoms with van der Waals surface area (Å²) in [6.45, 7) is 2.14. The van der Waals surface area contributed by atoms with Crippen LogP contribution in [0.3, 0.4) is 0 Å². The summed E-state index contributed by atoms with van der Waals surface area (Å²) in [6.07, 6.45) is 0.626. The molecule has 16 heavy (non-hydrogen) atoms. The Labute approximate surface area is 98.2 Å². The number of nitrogens with two attached hydrogens (primary N) is 1. The van der Waals surface area contributed by atoms with Crippen molar-refractivity contribution in [2.75, 3.05) is 11.5 Å². The first-order valence-corrected chi connectivity index (χ1v) is 6.06. The van der Waals surface area contributed by atoms with E-state index in [0.717, 1.165) is 11.3 Å². The minimum Gasteiger partial charge on any atom is -0.408 e. The second-order valence-corrected chi connectivity index (χ2v) is 4.63. The molecule has 0 aliphatic heterocycles. The molecule has 2 rings (SSSR count). The van der Waals surface area contributed by atoms with Crippen LogP contribution in [0, 0.1) is 0 Å². The van der Waals surface area contributed by atoms with Crippen molar-refractivity contribution in [2.45, 2.75) is 18.2 Å². The van der Waals surface area contributed by atoms with Gasteiger partial charge in [0.25, 0.3) is 0 Å². The lowest BCUT2D eigenvalue weighted by Gasteiger charge is -2.00. The summed E-state index contributed by atoms with van der Waals surface area (Å²) in [4.78, 5) is 1.27. The standard InChI is InChI=1S/C11H13N3OS/c1-2-16-9-5-3-8(4-6-9)7-10-13-14-11(12)15-10/h3-6H,2,7H2,1H3,(H2,12,14). The first-order valence-electron chi connectivity index (χ1n) is 5.07. The van der Waals surface area contributed by atoms with E-state index in [1.165, 1.54) is 4.90 Å². The minimum absolute atomic E-state index is 0.119. The molecule has 0 unspecified atom stereocenters. The Morgan fingerprint density at radius 2 is 2.00 bits per heavy atom. The smallest absolute Gasteiger partial charge is 0.312 e. The molecule has 1 aromatic carbocycles. The highest BCUT2D eigenvalue weighted by Gasteiger charge is 2.04. The van der Waals surface area contributed by atoms with E-state index in [1.54, 1.807) is 0 Å². The predicted octanol–water partition coefficient (Wildman–Crippen LogP) is 2.35. The predicted molar refractivity (Wildman–Crippen MR) is 64.4 cm³/mol. The Hall–Kier alpha value is -1.49. The summed E-state index contributed by atoms with van der Waals surface area (Å²) in [6, 6.07) is 8.46. The summed E-state index contributed by atoms with van der Waals surface area (Å²) in [5, 5.41) is 7.44. The number of nitrogen functional groups attached to an aromatic ring is 1. The summed E-state index contributed by atoms with van der Waals surface area (Å²) in [7, 11) is 0. The first-order chi connectivity index (χ1) is 7.78. The van der Waals surface area contributed by atoms with Gasteiger partial charge in [-0.25, -0.2) is 0 Å². The van der Waals surface area contributed by atoms with Gasteiger partial charge in [0.05, 0.1) is 6.42 Å². The van der Waals surface area contributed by atoms with E-state index in [2.05, 4.69) is 41.4 Å². The lowest BCUT2D eigenvalue weighted by atomic mass is 10.1. The third-order valence-corrected chi connectivity index (χ3v) is 2.97. The first kappa shape index (κ1) is 11.0. The van der Waals surface area contributed by atoms with Gasteiger partial charge in [-0.05, 0) is 23.4 Å². The quantitative estimate of drug-likeness (QED) is 0.824. The summed E-state index contributed by atoms with van der Waals surface area (Å²) in [5.41, 5.74) is 6.49. The van der Waals surface area contributed by atoms with Crippen molar-refractivity contribution in [2.24, 2.45) is 0 Å². The molecule has 0 bridgehead atoms. The summed E-state index contributed by atoms with van der Waals surface area (Å²) in [5.74, 6) is 1.63. The molecule has 0 radical (unpaired) electrons. The molecule has 84 valence electrons. The zero-order valence-corrected chi connectivity index (χ0v) is 9.83. The van der Waals surface area contributed by atoms with E-state index in [4.69, 9.17) is 10.2 Å². The van der Waals surface area contributed by atoms with Gasteiger partial charge in [0, 0.05) is 4.90 Å². The van der Waals surface area contributed by atoms with Crippen LogP contribution in [0.2, 0.25) is 0 Å². The normalized spacial score (nSPS) is 10.6. The van der Waals surface area contributed by atoms with Gasteiger partial charge in [0.2, 0.25) is 5.89 Å². The second-order valence-electron chi connectivity index (χ2n) is 3.29. The molecule has 0 spiro atoms. The van der Waals surface area contributed by atoms with Crippen molar-refractivity contribution in [1.82, 2.24) is 10.2 Å². The second kappa shape index (κ2) is 5.03. The van der Waals surface area contributed by atoms with Gasteiger partial charge in [-0.15, -0.1) is 16.9 Å². The molecule has 1 aromatic heterocycles. The third-order valence-electron chi connectivity index (χ3n) is 2.07. The van der Waals surface area contributed by atoms with Gasteiger partial charge < -0.3 is 10.2 Å². The highest BCUT2D eigenvalue weighted by atomic mass is 32.2. The molecular formula is C11H13N3OS. The lowest BCUT2D eigenvalue weighted by molar-refractivity contribution is 0.522. The van der Waals surface area contributed by atoms with E-state index in [0.29, 0.717) is 12.3 Å². The van der Waals surface area contributed by atoms with Crippen LogP contribution in [0.25, 0.3) is 0 Å². The molecule has 0 atom stereocenters. The number of hydrogen-bond donors (Lipinski definition) is 1. The van der Waals surface area contributed by atoms with Gasteiger partial charge in [0.1, 0.15) is 0 Å². The maximum absolute atomic E-state index is 5.35. The van der Waals surface area contributed by atoms with Crippen molar-refractivity contribution in [3.05, 3.63) is 35.7 Å². The van der Waals surface area contributed by atoms with Crippen molar-refractivity contribution in [3.8, 4) is 0 Å². The number of aromatic nitrogens is 2. The maximum atomic E-state index is 5.35. The Kier molecular flexibility index (Phi) is 3.46. The van der Waals surface area contributed by atoms with Crippen LogP contribution in [-0.4, -0.2) is 16.0 Å². The van der Waals surface area contributed by atoms with Crippen molar-refractivity contribution >= 4 is 17.8 Å². The Bertz CT molecular complexity index is 453. The van der Waals surface area contributed by atoms with E-state index in [9.17, 15) is 0 Å². The number of hydrogen-bond acceptors (Lipinski definition) is 5. The fraction of sp³-hybridized carbons (Fsp3) is 0.273. The summed E-state index contributed by atoms with van der Waals surface area (Å²) >= 11 is 1.82. The SMILES string of the molecule is CCSc1ccc(Cc2nnc(N)o2)cc1. The van der Waals surface area contributed by atoms with Crippen LogP contribution in [-0.2, 0) is 6.42 Å². The number of thioether (sulfide) groups is 1. The highest BCUT2D eigenvalue weighted by molar-refractivity contribution is 7.99. The molecular weight excluding hydrogens is 222 g/mol. The zero-order chi connectivity index (χ0) is 11.4. The maximum Gasteiger partial charge on any atom is 0.312 e.